The zero-order chi connectivity index (χ0) is 9.07. The SMILES string of the molecule is CC(C)(C)OCC(N)C(N)=O. The van der Waals surface area contributed by atoms with Crippen LogP contribution in [-0.2, 0) is 9.53 Å². The number of carbonyl (C=O) groups excluding carboxylic acids is 1. The van der Waals surface area contributed by atoms with Gasteiger partial charge in [0, 0.05) is 0 Å². The van der Waals surface area contributed by atoms with E-state index in [9.17, 15) is 4.79 Å². The predicted molar refractivity (Wildman–Crippen MR) is 42.9 cm³/mol. The van der Waals surface area contributed by atoms with E-state index in [1.165, 1.54) is 0 Å². The summed E-state index contributed by atoms with van der Waals surface area (Å²) in [5.41, 5.74) is 9.97. The smallest absolute Gasteiger partial charge is 0.236 e. The molecule has 1 unspecified atom stereocenters. The van der Waals surface area contributed by atoms with Crippen LogP contribution in [0.2, 0.25) is 0 Å². The van der Waals surface area contributed by atoms with Crippen LogP contribution < -0.4 is 11.5 Å². The van der Waals surface area contributed by atoms with Crippen molar-refractivity contribution in [3.05, 3.63) is 0 Å². The van der Waals surface area contributed by atoms with Crippen LogP contribution in [0.25, 0.3) is 0 Å². The predicted octanol–water partition coefficient (Wildman–Crippen LogP) is -0.386. The minimum atomic E-state index is -0.700. The van der Waals surface area contributed by atoms with E-state index in [2.05, 4.69) is 0 Å². The van der Waals surface area contributed by atoms with Crippen LogP contribution in [0, 0.1) is 0 Å². The number of carbonyl (C=O) groups is 1. The number of nitrogens with two attached hydrogens (primary N) is 2. The van der Waals surface area contributed by atoms with Crippen molar-refractivity contribution in [3.63, 3.8) is 0 Å². The Bertz CT molecular complexity index is 140. The van der Waals surface area contributed by atoms with E-state index in [0.29, 0.717) is 0 Å². The van der Waals surface area contributed by atoms with Gasteiger partial charge in [0.25, 0.3) is 0 Å². The molecule has 1 atom stereocenters. The molecule has 0 aliphatic rings. The van der Waals surface area contributed by atoms with Crippen LogP contribution in [-0.4, -0.2) is 24.2 Å². The fourth-order valence-corrected chi connectivity index (χ4v) is 0.422. The maximum atomic E-state index is 10.4. The molecule has 66 valence electrons. The first kappa shape index (κ1) is 10.4. The molecule has 0 aromatic heterocycles. The summed E-state index contributed by atoms with van der Waals surface area (Å²) in [6.07, 6.45) is 0. The second-order valence-corrected chi connectivity index (χ2v) is 3.43. The van der Waals surface area contributed by atoms with Crippen molar-refractivity contribution in [2.45, 2.75) is 32.4 Å². The first-order valence-electron chi connectivity index (χ1n) is 3.52. The Morgan fingerprint density at radius 1 is 1.55 bits per heavy atom. The van der Waals surface area contributed by atoms with Crippen molar-refractivity contribution >= 4 is 5.91 Å². The molecule has 0 rings (SSSR count). The van der Waals surface area contributed by atoms with Crippen molar-refractivity contribution < 1.29 is 9.53 Å². The Morgan fingerprint density at radius 2 is 2.00 bits per heavy atom. The largest absolute Gasteiger partial charge is 0.374 e. The van der Waals surface area contributed by atoms with Crippen LogP contribution >= 0.6 is 0 Å². The summed E-state index contributed by atoms with van der Waals surface area (Å²) < 4.78 is 5.23. The molecule has 4 N–H and O–H groups in total. The number of amides is 1. The molecule has 0 radical (unpaired) electrons. The highest BCUT2D eigenvalue weighted by Crippen LogP contribution is 2.06. The summed E-state index contributed by atoms with van der Waals surface area (Å²) >= 11 is 0. The van der Waals surface area contributed by atoms with Gasteiger partial charge >= 0.3 is 0 Å². The Hall–Kier alpha value is -0.610. The lowest BCUT2D eigenvalue weighted by molar-refractivity contribution is -0.121. The number of ether oxygens (including phenoxy) is 1. The van der Waals surface area contributed by atoms with E-state index in [-0.39, 0.29) is 12.2 Å². The van der Waals surface area contributed by atoms with Crippen molar-refractivity contribution in [1.82, 2.24) is 0 Å². The summed E-state index contributed by atoms with van der Waals surface area (Å²) in [7, 11) is 0. The monoisotopic (exact) mass is 160 g/mol. The van der Waals surface area contributed by atoms with Gasteiger partial charge in [0.05, 0.1) is 12.2 Å². The molecular formula is C7H16N2O2. The van der Waals surface area contributed by atoms with Crippen LogP contribution in [0.5, 0.6) is 0 Å². The molecule has 0 bridgehead atoms. The number of hydrogen-bond acceptors (Lipinski definition) is 3. The quantitative estimate of drug-likeness (QED) is 0.590. The van der Waals surface area contributed by atoms with Gasteiger partial charge in [-0.1, -0.05) is 0 Å². The van der Waals surface area contributed by atoms with Gasteiger partial charge in [0.1, 0.15) is 6.04 Å². The molecule has 4 nitrogen and oxygen atoms in total. The topological polar surface area (TPSA) is 78.3 Å². The highest BCUT2D eigenvalue weighted by atomic mass is 16.5. The van der Waals surface area contributed by atoms with Gasteiger partial charge in [0.15, 0.2) is 0 Å². The van der Waals surface area contributed by atoms with E-state index in [1.807, 2.05) is 20.8 Å². The fourth-order valence-electron chi connectivity index (χ4n) is 0.422. The normalized spacial score (nSPS) is 14.5. The van der Waals surface area contributed by atoms with Crippen LogP contribution in [0.4, 0.5) is 0 Å². The van der Waals surface area contributed by atoms with Gasteiger partial charge in [0.2, 0.25) is 5.91 Å². The molecule has 0 spiro atoms. The molecule has 0 aliphatic carbocycles. The van der Waals surface area contributed by atoms with E-state index >= 15 is 0 Å². The van der Waals surface area contributed by atoms with Gasteiger partial charge in [-0.05, 0) is 20.8 Å². The Kier molecular flexibility index (Phi) is 3.48. The Morgan fingerprint density at radius 3 is 2.27 bits per heavy atom. The highest BCUT2D eigenvalue weighted by molar-refractivity contribution is 5.79. The molecule has 0 heterocycles. The lowest BCUT2D eigenvalue weighted by atomic mass is 10.2. The molecule has 0 aromatic carbocycles. The van der Waals surface area contributed by atoms with Gasteiger partial charge in [-0.2, -0.15) is 0 Å². The average molecular weight is 160 g/mol. The number of primary amides is 1. The summed E-state index contributed by atoms with van der Waals surface area (Å²) in [6.45, 7) is 5.85. The van der Waals surface area contributed by atoms with Gasteiger partial charge < -0.3 is 16.2 Å². The lowest BCUT2D eigenvalue weighted by Gasteiger charge is -2.20. The molecule has 0 saturated carbocycles. The van der Waals surface area contributed by atoms with E-state index in [4.69, 9.17) is 16.2 Å². The van der Waals surface area contributed by atoms with Crippen LogP contribution in [0.1, 0.15) is 20.8 Å². The standard InChI is InChI=1S/C7H16N2O2/c1-7(2,3)11-4-5(8)6(9)10/h5H,4,8H2,1-3H3,(H2,9,10). The molecule has 4 heteroatoms. The fraction of sp³-hybridized carbons (Fsp3) is 0.857. The summed E-state index contributed by atoms with van der Waals surface area (Å²) in [4.78, 5) is 10.4. The second-order valence-electron chi connectivity index (χ2n) is 3.43. The maximum Gasteiger partial charge on any atom is 0.236 e. The molecule has 0 aromatic rings. The number of hydrogen-bond donors (Lipinski definition) is 2. The van der Waals surface area contributed by atoms with Gasteiger partial charge in [-0.25, -0.2) is 0 Å². The molecule has 0 saturated heterocycles. The van der Waals surface area contributed by atoms with Crippen molar-refractivity contribution in [1.29, 1.82) is 0 Å². The summed E-state index contributed by atoms with van der Waals surface area (Å²) in [5.74, 6) is -0.533. The number of rotatable bonds is 3. The molecular weight excluding hydrogens is 144 g/mol. The zero-order valence-corrected chi connectivity index (χ0v) is 7.26. The maximum absolute atomic E-state index is 10.4. The van der Waals surface area contributed by atoms with Crippen molar-refractivity contribution in [2.75, 3.05) is 6.61 Å². The Balaban J connectivity index is 3.63. The minimum absolute atomic E-state index is 0.179. The van der Waals surface area contributed by atoms with E-state index in [0.717, 1.165) is 0 Å². The van der Waals surface area contributed by atoms with E-state index < -0.39 is 11.9 Å². The zero-order valence-electron chi connectivity index (χ0n) is 7.26. The third-order valence-corrected chi connectivity index (χ3v) is 1.06. The average Bonchev–Trinajstić information content (AvgIpc) is 1.80. The van der Waals surface area contributed by atoms with Crippen molar-refractivity contribution in [3.8, 4) is 0 Å². The van der Waals surface area contributed by atoms with Gasteiger partial charge in [-0.15, -0.1) is 0 Å². The third kappa shape index (κ3) is 5.82. The molecule has 11 heavy (non-hydrogen) atoms. The van der Waals surface area contributed by atoms with Crippen molar-refractivity contribution in [2.24, 2.45) is 11.5 Å². The second kappa shape index (κ2) is 3.69. The van der Waals surface area contributed by atoms with Gasteiger partial charge in [-0.3, -0.25) is 4.79 Å². The molecule has 0 aliphatic heterocycles. The minimum Gasteiger partial charge on any atom is -0.374 e. The third-order valence-electron chi connectivity index (χ3n) is 1.06. The molecule has 1 amide bonds. The summed E-state index contributed by atoms with van der Waals surface area (Å²) in [6, 6.07) is -0.700. The first-order chi connectivity index (χ1) is 4.83. The van der Waals surface area contributed by atoms with E-state index in [1.54, 1.807) is 0 Å². The Labute approximate surface area is 66.9 Å². The lowest BCUT2D eigenvalue weighted by Crippen LogP contribution is -2.42. The summed E-state index contributed by atoms with van der Waals surface area (Å²) in [5, 5.41) is 0. The van der Waals surface area contributed by atoms with Crippen LogP contribution in [0.15, 0.2) is 0 Å². The first-order valence-corrected chi connectivity index (χ1v) is 3.52. The molecule has 0 fully saturated rings. The highest BCUT2D eigenvalue weighted by Gasteiger charge is 2.15. The van der Waals surface area contributed by atoms with Crippen LogP contribution in [0.3, 0.4) is 0 Å².